The molecule has 1 aliphatic rings. The van der Waals surface area contributed by atoms with Crippen LogP contribution in [0.4, 0.5) is 9.59 Å². The third-order valence-electron chi connectivity index (χ3n) is 3.80. The van der Waals surface area contributed by atoms with Crippen LogP contribution in [0.1, 0.15) is 34.6 Å². The molecule has 4 amide bonds. The third kappa shape index (κ3) is 6.93. The van der Waals surface area contributed by atoms with Crippen LogP contribution in [0.2, 0.25) is 0 Å². The first kappa shape index (κ1) is 21.8. The van der Waals surface area contributed by atoms with E-state index in [-0.39, 0.29) is 17.6 Å². The lowest BCUT2D eigenvalue weighted by atomic mass is 10.1. The molecule has 26 heavy (non-hydrogen) atoms. The molecule has 0 radical (unpaired) electrons. The molecule has 0 aromatic heterocycles. The summed E-state index contributed by atoms with van der Waals surface area (Å²) in [5.41, 5.74) is -0.635. The van der Waals surface area contributed by atoms with Crippen LogP contribution >= 0.6 is 0 Å². The molecule has 2 unspecified atom stereocenters. The summed E-state index contributed by atoms with van der Waals surface area (Å²) in [6.45, 7) is 9.99. The first-order valence-electron chi connectivity index (χ1n) is 8.75. The summed E-state index contributed by atoms with van der Waals surface area (Å²) in [7, 11) is 1.36. The van der Waals surface area contributed by atoms with Crippen molar-refractivity contribution in [1.82, 2.24) is 20.4 Å². The van der Waals surface area contributed by atoms with E-state index in [0.717, 1.165) is 0 Å². The first-order chi connectivity index (χ1) is 11.9. The maximum Gasteiger partial charge on any atom is 0.408 e. The molecule has 2 atom stereocenters. The Balaban J connectivity index is 2.49. The maximum atomic E-state index is 12.5. The third-order valence-corrected chi connectivity index (χ3v) is 3.80. The van der Waals surface area contributed by atoms with Crippen molar-refractivity contribution in [3.05, 3.63) is 0 Å². The fourth-order valence-corrected chi connectivity index (χ4v) is 2.61. The minimum atomic E-state index is -0.717. The molecule has 0 bridgehead atoms. The molecule has 2 N–H and O–H groups in total. The number of ether oxygens (including phenoxy) is 1. The Morgan fingerprint density at radius 3 is 1.62 bits per heavy atom. The summed E-state index contributed by atoms with van der Waals surface area (Å²) >= 11 is 0. The van der Waals surface area contributed by atoms with Crippen molar-refractivity contribution < 1.29 is 23.9 Å². The van der Waals surface area contributed by atoms with Crippen molar-refractivity contribution in [3.63, 3.8) is 0 Å². The summed E-state index contributed by atoms with van der Waals surface area (Å²) in [6.07, 6.45) is -0.642. The Hall–Kier alpha value is -2.26. The molecule has 9 nitrogen and oxygen atoms in total. The molecule has 1 saturated heterocycles. The second kappa shape index (κ2) is 8.91. The van der Waals surface area contributed by atoms with Gasteiger partial charge in [-0.15, -0.1) is 0 Å². The molecule has 1 heterocycles. The zero-order chi connectivity index (χ0) is 20.1. The molecule has 0 spiro atoms. The lowest BCUT2D eigenvalue weighted by molar-refractivity contribution is -0.141. The average molecular weight is 368 g/mol. The molecule has 146 valence electrons. The lowest BCUT2D eigenvalue weighted by Crippen LogP contribution is -2.57. The zero-order valence-corrected chi connectivity index (χ0v) is 16.4. The van der Waals surface area contributed by atoms with E-state index in [9.17, 15) is 19.2 Å². The van der Waals surface area contributed by atoms with Crippen LogP contribution in [0.25, 0.3) is 0 Å². The minimum absolute atomic E-state index is 0.174. The van der Waals surface area contributed by atoms with E-state index in [2.05, 4.69) is 10.6 Å². The van der Waals surface area contributed by atoms with E-state index in [1.165, 1.54) is 7.85 Å². The highest BCUT2D eigenvalue weighted by Crippen LogP contribution is 2.09. The molecule has 0 aromatic carbocycles. The van der Waals surface area contributed by atoms with Crippen LogP contribution in [-0.2, 0) is 14.3 Å². The minimum Gasteiger partial charge on any atom is -0.444 e. The predicted molar refractivity (Wildman–Crippen MR) is 98.5 cm³/mol. The summed E-state index contributed by atoms with van der Waals surface area (Å²) in [6, 6.07) is -1.31. The van der Waals surface area contributed by atoms with Crippen molar-refractivity contribution in [2.24, 2.45) is 0 Å². The summed E-state index contributed by atoms with van der Waals surface area (Å²) < 4.78 is 5.14. The molecular formula is C16H29BN4O5. The van der Waals surface area contributed by atoms with Gasteiger partial charge in [-0.25, -0.2) is 4.79 Å². The Bertz CT molecular complexity index is 555. The summed E-state index contributed by atoms with van der Waals surface area (Å²) in [5.74, 6) is -0.660. The number of carbonyl (C=O) groups is 4. The number of carbonyl (C=O) groups excluding carboxylic acids is 4. The second-order valence-corrected chi connectivity index (χ2v) is 7.44. The topological polar surface area (TPSA) is 108 Å². The lowest BCUT2D eigenvalue weighted by Gasteiger charge is -2.37. The Morgan fingerprint density at radius 1 is 0.885 bits per heavy atom. The standard InChI is InChI=1S/C16H29BN4O5/c1-10(18-14(17)24)12(22)20-6-8-21(9-7-20)13(23)11(2)19-15(25)26-16(3,4)5/h10-11H,6-9,17H2,1-5H3,(H,18,24)(H,19,25). The summed E-state index contributed by atoms with van der Waals surface area (Å²) in [4.78, 5) is 50.8. The molecule has 1 aliphatic heterocycles. The van der Waals surface area contributed by atoms with Crippen molar-refractivity contribution in [3.8, 4) is 0 Å². The second-order valence-electron chi connectivity index (χ2n) is 7.44. The van der Waals surface area contributed by atoms with Gasteiger partial charge < -0.3 is 25.2 Å². The normalized spacial score (nSPS) is 17.1. The molecule has 0 saturated carbocycles. The van der Waals surface area contributed by atoms with E-state index in [1.54, 1.807) is 44.4 Å². The van der Waals surface area contributed by atoms with Gasteiger partial charge in [0.2, 0.25) is 19.7 Å². The predicted octanol–water partition coefficient (Wildman–Crippen LogP) is -0.698. The number of hydrogen-bond donors (Lipinski definition) is 2. The van der Waals surface area contributed by atoms with Gasteiger partial charge in [0.25, 0.3) is 0 Å². The maximum absolute atomic E-state index is 12.5. The van der Waals surface area contributed by atoms with Crippen LogP contribution in [-0.4, -0.2) is 85.2 Å². The number of hydrogen-bond acceptors (Lipinski definition) is 5. The fourth-order valence-electron chi connectivity index (χ4n) is 2.61. The molecule has 1 fully saturated rings. The molecule has 10 heteroatoms. The number of amides is 4. The SMILES string of the molecule is BC(=O)NC(C)C(=O)N1CCN(C(=O)C(C)NC(=O)OC(C)(C)C)CC1. The largest absolute Gasteiger partial charge is 0.444 e. The van der Waals surface area contributed by atoms with Crippen molar-refractivity contribution >= 4 is 31.6 Å². The van der Waals surface area contributed by atoms with E-state index < -0.39 is 23.8 Å². The first-order valence-corrected chi connectivity index (χ1v) is 8.75. The smallest absolute Gasteiger partial charge is 0.408 e. The van der Waals surface area contributed by atoms with E-state index >= 15 is 0 Å². The highest BCUT2D eigenvalue weighted by Gasteiger charge is 2.30. The van der Waals surface area contributed by atoms with Crippen LogP contribution in [0.3, 0.4) is 0 Å². The van der Waals surface area contributed by atoms with E-state index in [4.69, 9.17) is 4.74 Å². The van der Waals surface area contributed by atoms with Crippen molar-refractivity contribution in [2.45, 2.75) is 52.3 Å². The molecule has 0 aliphatic carbocycles. The number of nitrogens with one attached hydrogen (secondary N) is 2. The van der Waals surface area contributed by atoms with Gasteiger partial charge >= 0.3 is 6.09 Å². The van der Waals surface area contributed by atoms with E-state index in [0.29, 0.717) is 26.2 Å². The van der Waals surface area contributed by atoms with Gasteiger partial charge in [-0.05, 0) is 34.6 Å². The summed E-state index contributed by atoms with van der Waals surface area (Å²) in [5, 5.41) is 5.09. The van der Waals surface area contributed by atoms with Gasteiger partial charge in [0.15, 0.2) is 5.81 Å². The van der Waals surface area contributed by atoms with Crippen LogP contribution in [0.5, 0.6) is 0 Å². The molecule has 1 rings (SSSR count). The van der Waals surface area contributed by atoms with Gasteiger partial charge in [0.1, 0.15) is 17.7 Å². The van der Waals surface area contributed by atoms with Gasteiger partial charge in [-0.3, -0.25) is 14.4 Å². The van der Waals surface area contributed by atoms with Crippen LogP contribution < -0.4 is 10.6 Å². The zero-order valence-electron chi connectivity index (χ0n) is 16.4. The van der Waals surface area contributed by atoms with Crippen molar-refractivity contribution in [2.75, 3.05) is 26.2 Å². The highest BCUT2D eigenvalue weighted by molar-refractivity contribution is 6.57. The number of piperazine rings is 1. The Morgan fingerprint density at radius 2 is 1.27 bits per heavy atom. The van der Waals surface area contributed by atoms with Gasteiger partial charge in [-0.1, -0.05) is 0 Å². The van der Waals surface area contributed by atoms with Gasteiger partial charge in [-0.2, -0.15) is 0 Å². The van der Waals surface area contributed by atoms with Gasteiger partial charge in [0, 0.05) is 26.2 Å². The molecule has 0 aromatic rings. The number of rotatable bonds is 4. The van der Waals surface area contributed by atoms with Gasteiger partial charge in [0.05, 0.1) is 0 Å². The highest BCUT2D eigenvalue weighted by atomic mass is 16.6. The van der Waals surface area contributed by atoms with Crippen LogP contribution in [0, 0.1) is 0 Å². The fraction of sp³-hybridized carbons (Fsp3) is 0.750. The molecular weight excluding hydrogens is 339 g/mol. The van der Waals surface area contributed by atoms with Crippen LogP contribution in [0.15, 0.2) is 0 Å². The quantitative estimate of drug-likeness (QED) is 0.638. The van der Waals surface area contributed by atoms with Crippen molar-refractivity contribution in [1.29, 1.82) is 0 Å². The Labute approximate surface area is 155 Å². The Kier molecular flexibility index (Phi) is 7.47. The monoisotopic (exact) mass is 368 g/mol. The number of alkyl carbamates (subject to hydrolysis) is 1. The number of nitrogens with zero attached hydrogens (tertiary/aromatic N) is 2. The van der Waals surface area contributed by atoms with E-state index in [1.807, 2.05) is 0 Å². The average Bonchev–Trinajstić information content (AvgIpc) is 2.51.